The molecule has 2 rings (SSSR count). The Morgan fingerprint density at radius 3 is 2.74 bits per heavy atom. The number of likely N-dealkylation sites (tertiary alicyclic amines) is 1. The van der Waals surface area contributed by atoms with Crippen LogP contribution in [0.2, 0.25) is 0 Å². The second-order valence-corrected chi connectivity index (χ2v) is 5.37. The van der Waals surface area contributed by atoms with E-state index in [9.17, 15) is 0 Å². The summed E-state index contributed by atoms with van der Waals surface area (Å²) in [6.07, 6.45) is 1.27. The molecule has 1 aliphatic rings. The van der Waals surface area contributed by atoms with Crippen LogP contribution in [0.15, 0.2) is 18.2 Å². The summed E-state index contributed by atoms with van der Waals surface area (Å²) >= 11 is 0. The van der Waals surface area contributed by atoms with Crippen LogP contribution in [0.3, 0.4) is 0 Å². The lowest BCUT2D eigenvalue weighted by Crippen LogP contribution is -2.30. The highest BCUT2D eigenvalue weighted by Crippen LogP contribution is 2.29. The number of ether oxygens (including phenoxy) is 2. The normalized spacial score (nSPS) is 21.4. The smallest absolute Gasteiger partial charge is 0.127 e. The van der Waals surface area contributed by atoms with E-state index in [1.165, 1.54) is 6.42 Å². The second kappa shape index (κ2) is 6.26. The number of nitrogens with two attached hydrogens (primary N) is 1. The Morgan fingerprint density at radius 2 is 2.16 bits per heavy atom. The van der Waals surface area contributed by atoms with Crippen molar-refractivity contribution in [2.24, 2.45) is 11.7 Å². The quantitative estimate of drug-likeness (QED) is 0.884. The molecule has 1 fully saturated rings. The van der Waals surface area contributed by atoms with Crippen molar-refractivity contribution >= 4 is 0 Å². The third-order valence-corrected chi connectivity index (χ3v) is 3.80. The predicted molar refractivity (Wildman–Crippen MR) is 76.7 cm³/mol. The average Bonchev–Trinajstić information content (AvgIpc) is 2.83. The summed E-state index contributed by atoms with van der Waals surface area (Å²) in [5, 5.41) is 0. The van der Waals surface area contributed by atoms with Gasteiger partial charge in [0.05, 0.1) is 14.2 Å². The fourth-order valence-electron chi connectivity index (χ4n) is 2.69. The van der Waals surface area contributed by atoms with E-state index in [2.05, 4.69) is 11.8 Å². The third-order valence-electron chi connectivity index (χ3n) is 3.80. The fraction of sp³-hybridized carbons (Fsp3) is 0.600. The van der Waals surface area contributed by atoms with Crippen LogP contribution < -0.4 is 15.2 Å². The molecule has 1 heterocycles. The summed E-state index contributed by atoms with van der Waals surface area (Å²) in [6.45, 7) is 5.46. The number of hydrogen-bond donors (Lipinski definition) is 1. The van der Waals surface area contributed by atoms with Gasteiger partial charge in [-0.2, -0.15) is 0 Å². The molecule has 0 saturated carbocycles. The van der Waals surface area contributed by atoms with Gasteiger partial charge in [-0.1, -0.05) is 13.0 Å². The minimum Gasteiger partial charge on any atom is -0.497 e. The molecule has 19 heavy (non-hydrogen) atoms. The Balaban J connectivity index is 2.07. The lowest BCUT2D eigenvalue weighted by atomic mass is 10.1. The van der Waals surface area contributed by atoms with Crippen LogP contribution in [0, 0.1) is 5.92 Å². The van der Waals surface area contributed by atoms with Crippen LogP contribution >= 0.6 is 0 Å². The van der Waals surface area contributed by atoms with Gasteiger partial charge in [-0.15, -0.1) is 0 Å². The zero-order chi connectivity index (χ0) is 13.8. The summed E-state index contributed by atoms with van der Waals surface area (Å²) in [5.41, 5.74) is 7.37. The van der Waals surface area contributed by atoms with E-state index in [4.69, 9.17) is 15.2 Å². The molecular weight excluding hydrogens is 240 g/mol. The number of hydrogen-bond acceptors (Lipinski definition) is 4. The van der Waals surface area contributed by atoms with Crippen molar-refractivity contribution in [3.8, 4) is 11.5 Å². The van der Waals surface area contributed by atoms with Crippen molar-refractivity contribution < 1.29 is 9.47 Å². The van der Waals surface area contributed by atoms with Gasteiger partial charge in [0.15, 0.2) is 0 Å². The topological polar surface area (TPSA) is 47.7 Å². The lowest BCUT2D eigenvalue weighted by Gasteiger charge is -2.22. The number of rotatable bonds is 5. The maximum Gasteiger partial charge on any atom is 0.127 e. The number of methoxy groups -OCH3 is 2. The Kier molecular flexibility index (Phi) is 4.66. The Hall–Kier alpha value is -1.26. The Labute approximate surface area is 115 Å². The van der Waals surface area contributed by atoms with Crippen molar-refractivity contribution in [1.29, 1.82) is 0 Å². The first kappa shape index (κ1) is 14.2. The van der Waals surface area contributed by atoms with Gasteiger partial charge < -0.3 is 20.1 Å². The molecule has 1 aliphatic heterocycles. The van der Waals surface area contributed by atoms with Gasteiger partial charge in [0.25, 0.3) is 0 Å². The van der Waals surface area contributed by atoms with Gasteiger partial charge in [-0.25, -0.2) is 0 Å². The third kappa shape index (κ3) is 3.39. The van der Waals surface area contributed by atoms with E-state index in [1.54, 1.807) is 14.2 Å². The SMILES string of the molecule is COc1ccc(C(N)CN2CCC(C)C2)c(OC)c1. The largest absolute Gasteiger partial charge is 0.497 e. The van der Waals surface area contributed by atoms with E-state index in [0.29, 0.717) is 0 Å². The summed E-state index contributed by atoms with van der Waals surface area (Å²) in [5.74, 6) is 2.38. The molecule has 1 aromatic rings. The molecule has 2 unspecified atom stereocenters. The van der Waals surface area contributed by atoms with Crippen LogP contribution in [0.4, 0.5) is 0 Å². The summed E-state index contributed by atoms with van der Waals surface area (Å²) in [6, 6.07) is 5.81. The van der Waals surface area contributed by atoms with Gasteiger partial charge in [0, 0.05) is 30.8 Å². The molecule has 0 aliphatic carbocycles. The van der Waals surface area contributed by atoms with Gasteiger partial charge in [-0.3, -0.25) is 0 Å². The molecule has 0 aromatic heterocycles. The van der Waals surface area contributed by atoms with Crippen LogP contribution in [-0.2, 0) is 0 Å². The molecule has 1 aromatic carbocycles. The maximum absolute atomic E-state index is 6.33. The van der Waals surface area contributed by atoms with Crippen molar-refractivity contribution in [3.05, 3.63) is 23.8 Å². The zero-order valence-corrected chi connectivity index (χ0v) is 12.1. The maximum atomic E-state index is 6.33. The van der Waals surface area contributed by atoms with E-state index in [-0.39, 0.29) is 6.04 Å². The highest BCUT2D eigenvalue weighted by Gasteiger charge is 2.22. The highest BCUT2D eigenvalue weighted by molar-refractivity contribution is 5.42. The number of benzene rings is 1. The first-order valence-corrected chi connectivity index (χ1v) is 6.84. The molecule has 0 spiro atoms. The standard InChI is InChI=1S/C15H24N2O2/c1-11-6-7-17(9-11)10-14(16)13-5-4-12(18-2)8-15(13)19-3/h4-5,8,11,14H,6-7,9-10,16H2,1-3H3. The van der Waals surface area contributed by atoms with Crippen LogP contribution in [0.25, 0.3) is 0 Å². The highest BCUT2D eigenvalue weighted by atomic mass is 16.5. The minimum atomic E-state index is -0.0221. The predicted octanol–water partition coefficient (Wildman–Crippen LogP) is 2.05. The van der Waals surface area contributed by atoms with Crippen molar-refractivity contribution in [3.63, 3.8) is 0 Å². The van der Waals surface area contributed by atoms with E-state index in [1.807, 2.05) is 18.2 Å². The first-order chi connectivity index (χ1) is 9.13. The van der Waals surface area contributed by atoms with Crippen molar-refractivity contribution in [2.75, 3.05) is 33.9 Å². The van der Waals surface area contributed by atoms with Gasteiger partial charge in [-0.05, 0) is 24.9 Å². The lowest BCUT2D eigenvalue weighted by molar-refractivity contribution is 0.302. The second-order valence-electron chi connectivity index (χ2n) is 5.37. The molecule has 106 valence electrons. The molecule has 2 N–H and O–H groups in total. The minimum absolute atomic E-state index is 0.0221. The zero-order valence-electron chi connectivity index (χ0n) is 12.1. The Morgan fingerprint density at radius 1 is 1.37 bits per heavy atom. The molecule has 0 radical (unpaired) electrons. The molecule has 2 atom stereocenters. The molecule has 4 nitrogen and oxygen atoms in total. The first-order valence-electron chi connectivity index (χ1n) is 6.84. The van der Waals surface area contributed by atoms with Gasteiger partial charge >= 0.3 is 0 Å². The average molecular weight is 264 g/mol. The molecule has 1 saturated heterocycles. The molecule has 0 amide bonds. The van der Waals surface area contributed by atoms with Crippen LogP contribution in [-0.4, -0.2) is 38.8 Å². The number of nitrogens with zero attached hydrogens (tertiary/aromatic N) is 1. The van der Waals surface area contributed by atoms with E-state index >= 15 is 0 Å². The Bertz CT molecular complexity index is 423. The van der Waals surface area contributed by atoms with Gasteiger partial charge in [0.2, 0.25) is 0 Å². The van der Waals surface area contributed by atoms with Crippen LogP contribution in [0.5, 0.6) is 11.5 Å². The summed E-state index contributed by atoms with van der Waals surface area (Å²) < 4.78 is 10.6. The van der Waals surface area contributed by atoms with E-state index < -0.39 is 0 Å². The van der Waals surface area contributed by atoms with Crippen molar-refractivity contribution in [1.82, 2.24) is 4.90 Å². The molecular formula is C15H24N2O2. The summed E-state index contributed by atoms with van der Waals surface area (Å²) in [4.78, 5) is 2.43. The molecule has 4 heteroatoms. The monoisotopic (exact) mass is 264 g/mol. The van der Waals surface area contributed by atoms with Crippen molar-refractivity contribution in [2.45, 2.75) is 19.4 Å². The molecule has 0 bridgehead atoms. The van der Waals surface area contributed by atoms with Crippen LogP contribution in [0.1, 0.15) is 24.9 Å². The van der Waals surface area contributed by atoms with E-state index in [0.717, 1.165) is 42.6 Å². The fourth-order valence-corrected chi connectivity index (χ4v) is 2.69. The van der Waals surface area contributed by atoms with Gasteiger partial charge in [0.1, 0.15) is 11.5 Å². The summed E-state index contributed by atoms with van der Waals surface area (Å²) in [7, 11) is 3.32.